The summed E-state index contributed by atoms with van der Waals surface area (Å²) in [6.07, 6.45) is 1.34. The Morgan fingerprint density at radius 3 is 2.22 bits per heavy atom. The van der Waals surface area contributed by atoms with E-state index in [1.54, 1.807) is 73.7 Å². The molecule has 0 saturated carbocycles. The highest BCUT2D eigenvalue weighted by molar-refractivity contribution is 9.10. The molecule has 10 heteroatoms. The molecule has 3 aromatic carbocycles. The molecule has 2 N–H and O–H groups in total. The molecular formula is C26H24BrN3O6. The molecule has 36 heavy (non-hydrogen) atoms. The summed E-state index contributed by atoms with van der Waals surface area (Å²) in [5, 5.41) is 6.28. The number of hydrogen-bond acceptors (Lipinski definition) is 7. The van der Waals surface area contributed by atoms with E-state index in [-0.39, 0.29) is 5.75 Å². The highest BCUT2D eigenvalue weighted by Gasteiger charge is 2.15. The third-order valence-electron chi connectivity index (χ3n) is 4.56. The molecule has 0 radical (unpaired) electrons. The Hall–Kier alpha value is -4.18. The Labute approximate surface area is 216 Å². The maximum Gasteiger partial charge on any atom is 0.343 e. The second-order valence-electron chi connectivity index (χ2n) is 7.15. The topological polar surface area (TPSA) is 115 Å². The predicted molar refractivity (Wildman–Crippen MR) is 139 cm³/mol. The largest absolute Gasteiger partial charge is 0.494 e. The van der Waals surface area contributed by atoms with E-state index in [1.165, 1.54) is 6.21 Å². The van der Waals surface area contributed by atoms with Gasteiger partial charge in [-0.15, -0.1) is 0 Å². The quantitative estimate of drug-likeness (QED) is 0.132. The third-order valence-corrected chi connectivity index (χ3v) is 5.09. The first-order valence-corrected chi connectivity index (χ1v) is 11.8. The van der Waals surface area contributed by atoms with Gasteiger partial charge in [0.25, 0.3) is 0 Å². The van der Waals surface area contributed by atoms with Crippen LogP contribution in [-0.2, 0) is 9.59 Å². The van der Waals surface area contributed by atoms with Crippen molar-refractivity contribution in [2.75, 3.05) is 18.5 Å². The van der Waals surface area contributed by atoms with Crippen LogP contribution in [-0.4, -0.2) is 37.2 Å². The van der Waals surface area contributed by atoms with Crippen molar-refractivity contribution in [3.63, 3.8) is 0 Å². The van der Waals surface area contributed by atoms with Crippen LogP contribution >= 0.6 is 15.9 Å². The van der Waals surface area contributed by atoms with Crippen LogP contribution < -0.4 is 25.0 Å². The first-order valence-electron chi connectivity index (χ1n) is 11.0. The molecule has 0 fully saturated rings. The Balaban J connectivity index is 1.62. The summed E-state index contributed by atoms with van der Waals surface area (Å²) in [5.74, 6) is -1.14. The van der Waals surface area contributed by atoms with E-state index >= 15 is 0 Å². The molecule has 0 aliphatic heterocycles. The van der Waals surface area contributed by atoms with Gasteiger partial charge >= 0.3 is 17.8 Å². The molecule has 0 saturated heterocycles. The maximum absolute atomic E-state index is 12.6. The van der Waals surface area contributed by atoms with Gasteiger partial charge in [-0.1, -0.05) is 15.9 Å². The minimum Gasteiger partial charge on any atom is -0.494 e. The number of carbonyl (C=O) groups is 3. The number of amides is 2. The van der Waals surface area contributed by atoms with Crippen LogP contribution in [0.4, 0.5) is 5.69 Å². The second-order valence-corrected chi connectivity index (χ2v) is 8.06. The number of rotatable bonds is 9. The van der Waals surface area contributed by atoms with Crippen molar-refractivity contribution in [3.05, 3.63) is 82.3 Å². The summed E-state index contributed by atoms with van der Waals surface area (Å²) in [6.45, 7) is 4.53. The van der Waals surface area contributed by atoms with E-state index in [9.17, 15) is 14.4 Å². The zero-order valence-electron chi connectivity index (χ0n) is 19.6. The number of ether oxygens (including phenoxy) is 3. The van der Waals surface area contributed by atoms with Crippen molar-refractivity contribution in [2.24, 2.45) is 5.10 Å². The van der Waals surface area contributed by atoms with Gasteiger partial charge in [0.1, 0.15) is 5.75 Å². The predicted octanol–water partition coefficient (Wildman–Crippen LogP) is 4.55. The Bertz CT molecular complexity index is 1240. The molecule has 0 spiro atoms. The number of carbonyl (C=O) groups excluding carboxylic acids is 3. The van der Waals surface area contributed by atoms with E-state index in [2.05, 4.69) is 31.8 Å². The molecule has 0 unspecified atom stereocenters. The number of esters is 1. The number of halogens is 1. The molecule has 0 aliphatic carbocycles. The molecule has 9 nitrogen and oxygen atoms in total. The van der Waals surface area contributed by atoms with Crippen LogP contribution in [0.2, 0.25) is 0 Å². The minimum atomic E-state index is -0.930. The Kier molecular flexibility index (Phi) is 9.58. The first-order chi connectivity index (χ1) is 17.4. The number of nitrogens with zero attached hydrogens (tertiary/aromatic N) is 1. The SMILES string of the molecule is CCOc1ccc(C(=O)Oc2ccc(/C=N\NC(=O)C(=O)Nc3ccc(Br)cc3)cc2OCC)cc1. The Morgan fingerprint density at radius 1 is 0.861 bits per heavy atom. The van der Waals surface area contributed by atoms with Gasteiger partial charge in [0.2, 0.25) is 0 Å². The molecular weight excluding hydrogens is 530 g/mol. The standard InChI is InChI=1S/C26H24BrN3O6/c1-3-34-21-12-6-18(7-13-21)26(33)36-22-14-5-17(15-23(22)35-4-2)16-28-30-25(32)24(31)29-20-10-8-19(27)9-11-20/h5-16H,3-4H2,1-2H3,(H,29,31)(H,30,32)/b28-16-. The van der Waals surface area contributed by atoms with E-state index < -0.39 is 17.8 Å². The molecule has 0 aliphatic rings. The molecule has 0 bridgehead atoms. The van der Waals surface area contributed by atoms with E-state index in [4.69, 9.17) is 14.2 Å². The number of hydrazone groups is 1. The molecule has 3 aromatic rings. The highest BCUT2D eigenvalue weighted by atomic mass is 79.9. The van der Waals surface area contributed by atoms with E-state index in [0.717, 1.165) is 4.47 Å². The van der Waals surface area contributed by atoms with E-state index in [0.29, 0.717) is 41.5 Å². The fourth-order valence-electron chi connectivity index (χ4n) is 2.91. The summed E-state index contributed by atoms with van der Waals surface area (Å²) in [7, 11) is 0. The van der Waals surface area contributed by atoms with Gasteiger partial charge in [-0.2, -0.15) is 5.10 Å². The molecule has 0 atom stereocenters. The van der Waals surface area contributed by atoms with Crippen LogP contribution in [0.3, 0.4) is 0 Å². The number of benzene rings is 3. The summed E-state index contributed by atoms with van der Waals surface area (Å²) in [5.41, 5.74) is 3.55. The average molecular weight is 554 g/mol. The van der Waals surface area contributed by atoms with Crippen LogP contribution in [0.15, 0.2) is 76.3 Å². The zero-order chi connectivity index (χ0) is 25.9. The van der Waals surface area contributed by atoms with Crippen molar-refractivity contribution in [1.82, 2.24) is 5.43 Å². The van der Waals surface area contributed by atoms with Crippen molar-refractivity contribution < 1.29 is 28.6 Å². The fraction of sp³-hybridized carbons (Fsp3) is 0.154. The molecule has 3 rings (SSSR count). The molecule has 0 heterocycles. The number of nitrogens with one attached hydrogen (secondary N) is 2. The van der Waals surface area contributed by atoms with Crippen LogP contribution in [0.5, 0.6) is 17.2 Å². The summed E-state index contributed by atoms with van der Waals surface area (Å²) in [6, 6.07) is 18.2. The van der Waals surface area contributed by atoms with Gasteiger partial charge in [0.15, 0.2) is 11.5 Å². The lowest BCUT2D eigenvalue weighted by Crippen LogP contribution is -2.32. The Morgan fingerprint density at radius 2 is 1.56 bits per heavy atom. The van der Waals surface area contributed by atoms with Crippen LogP contribution in [0.25, 0.3) is 0 Å². The van der Waals surface area contributed by atoms with Gasteiger partial charge in [0, 0.05) is 10.2 Å². The van der Waals surface area contributed by atoms with Crippen LogP contribution in [0, 0.1) is 0 Å². The molecule has 0 aromatic heterocycles. The fourth-order valence-corrected chi connectivity index (χ4v) is 3.17. The highest BCUT2D eigenvalue weighted by Crippen LogP contribution is 2.29. The lowest BCUT2D eigenvalue weighted by molar-refractivity contribution is -0.136. The van der Waals surface area contributed by atoms with Crippen molar-refractivity contribution in [2.45, 2.75) is 13.8 Å². The summed E-state index contributed by atoms with van der Waals surface area (Å²) >= 11 is 3.30. The van der Waals surface area contributed by atoms with Gasteiger partial charge in [-0.25, -0.2) is 10.2 Å². The maximum atomic E-state index is 12.6. The van der Waals surface area contributed by atoms with Crippen molar-refractivity contribution in [1.29, 1.82) is 0 Å². The summed E-state index contributed by atoms with van der Waals surface area (Å²) < 4.78 is 17.3. The number of hydrogen-bond donors (Lipinski definition) is 2. The average Bonchev–Trinajstić information content (AvgIpc) is 2.87. The lowest BCUT2D eigenvalue weighted by atomic mass is 10.2. The summed E-state index contributed by atoms with van der Waals surface area (Å²) in [4.78, 5) is 36.6. The van der Waals surface area contributed by atoms with Gasteiger partial charge in [-0.05, 0) is 86.1 Å². The zero-order valence-corrected chi connectivity index (χ0v) is 21.2. The molecule has 2 amide bonds. The minimum absolute atomic E-state index is 0.228. The van der Waals surface area contributed by atoms with E-state index in [1.807, 2.05) is 6.92 Å². The normalized spacial score (nSPS) is 10.5. The van der Waals surface area contributed by atoms with Gasteiger partial charge in [0.05, 0.1) is 25.0 Å². The smallest absolute Gasteiger partial charge is 0.343 e. The van der Waals surface area contributed by atoms with Gasteiger partial charge < -0.3 is 19.5 Å². The monoisotopic (exact) mass is 553 g/mol. The van der Waals surface area contributed by atoms with Crippen molar-refractivity contribution >= 4 is 45.6 Å². The second kappa shape index (κ2) is 13.1. The number of anilines is 1. The first kappa shape index (κ1) is 26.4. The van der Waals surface area contributed by atoms with Gasteiger partial charge in [-0.3, -0.25) is 9.59 Å². The van der Waals surface area contributed by atoms with Crippen molar-refractivity contribution in [3.8, 4) is 17.2 Å². The molecule has 186 valence electrons. The lowest BCUT2D eigenvalue weighted by Gasteiger charge is -2.11. The third kappa shape index (κ3) is 7.67. The van der Waals surface area contributed by atoms with Crippen LogP contribution in [0.1, 0.15) is 29.8 Å².